The lowest BCUT2D eigenvalue weighted by atomic mass is 10.1. The van der Waals surface area contributed by atoms with Gasteiger partial charge in [0.1, 0.15) is 24.4 Å². The highest BCUT2D eigenvalue weighted by molar-refractivity contribution is 5.73. The number of nitrogens with one attached hydrogen (secondary N) is 1. The minimum absolute atomic E-state index is 0.0530. The van der Waals surface area contributed by atoms with E-state index >= 15 is 0 Å². The summed E-state index contributed by atoms with van der Waals surface area (Å²) in [7, 11) is 2.69. The molecule has 1 fully saturated rings. The van der Waals surface area contributed by atoms with Crippen molar-refractivity contribution in [3.63, 3.8) is 0 Å². The van der Waals surface area contributed by atoms with E-state index in [4.69, 9.17) is 18.9 Å². The molecule has 0 aromatic heterocycles. The van der Waals surface area contributed by atoms with Crippen molar-refractivity contribution < 1.29 is 28.8 Å². The molecule has 0 aromatic carbocycles. The van der Waals surface area contributed by atoms with Crippen molar-refractivity contribution in [2.75, 3.05) is 33.9 Å². The number of urea groups is 1. The second-order valence-electron chi connectivity index (χ2n) is 5.32. The molecule has 0 radical (unpaired) electrons. The maximum atomic E-state index is 11.6. The molecule has 24 heavy (non-hydrogen) atoms. The van der Waals surface area contributed by atoms with Crippen molar-refractivity contribution in [2.45, 2.75) is 51.0 Å². The van der Waals surface area contributed by atoms with Crippen LogP contribution in [0.2, 0.25) is 0 Å². The summed E-state index contributed by atoms with van der Waals surface area (Å²) < 4.78 is 22.1. The molecule has 10 heteroatoms. The van der Waals surface area contributed by atoms with Gasteiger partial charge in [-0.25, -0.2) is 4.79 Å². The summed E-state index contributed by atoms with van der Waals surface area (Å²) in [6, 6.07) is -0.669. The molecule has 0 bridgehead atoms. The molecule has 0 aromatic rings. The summed E-state index contributed by atoms with van der Waals surface area (Å²) in [4.78, 5) is 21.9. The van der Waals surface area contributed by atoms with Gasteiger partial charge in [-0.15, -0.1) is 4.91 Å². The molecule has 1 heterocycles. The number of carbonyl (C=O) groups is 1. The smallest absolute Gasteiger partial charge is 0.340 e. The quantitative estimate of drug-likeness (QED) is 0.428. The van der Waals surface area contributed by atoms with E-state index < -0.39 is 36.7 Å². The van der Waals surface area contributed by atoms with E-state index in [1.807, 2.05) is 6.92 Å². The van der Waals surface area contributed by atoms with Gasteiger partial charge in [-0.2, -0.15) is 5.01 Å². The molecule has 1 rings (SSSR count). The van der Waals surface area contributed by atoms with Crippen molar-refractivity contribution in [3.8, 4) is 0 Å². The van der Waals surface area contributed by atoms with E-state index in [1.165, 1.54) is 14.2 Å². The molecule has 2 N–H and O–H groups in total. The molecular formula is C14H27N3O7. The Morgan fingerprint density at radius 2 is 2.12 bits per heavy atom. The fourth-order valence-corrected chi connectivity index (χ4v) is 2.38. The third-order valence-corrected chi connectivity index (χ3v) is 3.62. The number of aliphatic hydroxyl groups is 1. The van der Waals surface area contributed by atoms with Gasteiger partial charge in [0.2, 0.25) is 0 Å². The van der Waals surface area contributed by atoms with Crippen LogP contribution in [0.4, 0.5) is 4.79 Å². The minimum atomic E-state index is -0.964. The molecule has 1 saturated heterocycles. The molecule has 0 saturated carbocycles. The number of hydrogen-bond acceptors (Lipinski definition) is 8. The zero-order valence-electron chi connectivity index (χ0n) is 14.5. The fourth-order valence-electron chi connectivity index (χ4n) is 2.38. The first kappa shape index (κ1) is 20.7. The number of rotatable bonds is 10. The van der Waals surface area contributed by atoms with Crippen LogP contribution in [-0.2, 0) is 18.9 Å². The van der Waals surface area contributed by atoms with Crippen molar-refractivity contribution in [2.24, 2.45) is 5.29 Å². The Labute approximate surface area is 141 Å². The standard InChI is InChI=1S/C14H27N3O7/c1-5-7-23-12-10(18)13(22-6-2)24-11(12)9(21-4)8-15-14(19)17(3)16-20/h9-13,18H,5-8H2,1-4H3,(H,15,19)/t9-,10-,11-,12-,13?/m1/s1. The Kier molecular flexibility index (Phi) is 9.08. The maximum Gasteiger partial charge on any atom is 0.340 e. The van der Waals surface area contributed by atoms with Crippen LogP contribution in [0.5, 0.6) is 0 Å². The third kappa shape index (κ3) is 5.35. The summed E-state index contributed by atoms with van der Waals surface area (Å²) in [5.74, 6) is 0. The number of aliphatic hydroxyl groups excluding tert-OH is 1. The summed E-state index contributed by atoms with van der Waals surface area (Å²) in [5.41, 5.74) is 0. The van der Waals surface area contributed by atoms with Gasteiger partial charge in [-0.05, 0) is 13.3 Å². The number of hydrogen-bond donors (Lipinski definition) is 2. The van der Waals surface area contributed by atoms with Gasteiger partial charge in [0.25, 0.3) is 0 Å². The lowest BCUT2D eigenvalue weighted by molar-refractivity contribution is -0.177. The van der Waals surface area contributed by atoms with Gasteiger partial charge in [-0.3, -0.25) is 0 Å². The van der Waals surface area contributed by atoms with E-state index in [2.05, 4.69) is 10.6 Å². The molecule has 1 aliphatic rings. The molecule has 10 nitrogen and oxygen atoms in total. The van der Waals surface area contributed by atoms with Crippen molar-refractivity contribution in [3.05, 3.63) is 4.91 Å². The van der Waals surface area contributed by atoms with Gasteiger partial charge < -0.3 is 29.4 Å². The van der Waals surface area contributed by atoms with E-state index in [0.717, 1.165) is 6.42 Å². The van der Waals surface area contributed by atoms with E-state index in [0.29, 0.717) is 18.2 Å². The Bertz CT molecular complexity index is 399. The molecule has 1 unspecified atom stereocenters. The van der Waals surface area contributed by atoms with Crippen LogP contribution in [0, 0.1) is 4.91 Å². The predicted molar refractivity (Wildman–Crippen MR) is 84.1 cm³/mol. The molecule has 5 atom stereocenters. The summed E-state index contributed by atoms with van der Waals surface area (Å²) in [5, 5.41) is 16.0. The zero-order valence-corrected chi connectivity index (χ0v) is 14.5. The lowest BCUT2D eigenvalue weighted by Gasteiger charge is -2.27. The van der Waals surface area contributed by atoms with Gasteiger partial charge in [0.15, 0.2) is 6.29 Å². The average Bonchev–Trinajstić information content (AvgIpc) is 2.89. The fraction of sp³-hybridized carbons (Fsp3) is 0.929. The normalized spacial score (nSPS) is 27.7. The zero-order chi connectivity index (χ0) is 18.1. The molecular weight excluding hydrogens is 322 g/mol. The Morgan fingerprint density at radius 1 is 1.42 bits per heavy atom. The van der Waals surface area contributed by atoms with E-state index in [-0.39, 0.29) is 6.54 Å². The monoisotopic (exact) mass is 349 g/mol. The van der Waals surface area contributed by atoms with Crippen LogP contribution >= 0.6 is 0 Å². The van der Waals surface area contributed by atoms with Gasteiger partial charge in [0, 0.05) is 33.9 Å². The molecule has 0 spiro atoms. The molecule has 140 valence electrons. The number of carbonyl (C=O) groups excluding carboxylic acids is 1. The van der Waals surface area contributed by atoms with E-state index in [1.54, 1.807) is 6.92 Å². The largest absolute Gasteiger partial charge is 0.385 e. The number of methoxy groups -OCH3 is 1. The van der Waals surface area contributed by atoms with Crippen LogP contribution in [0.15, 0.2) is 5.29 Å². The molecule has 2 amide bonds. The van der Waals surface area contributed by atoms with E-state index in [9.17, 15) is 14.8 Å². The van der Waals surface area contributed by atoms with Gasteiger partial charge in [0.05, 0.1) is 5.29 Å². The first-order valence-electron chi connectivity index (χ1n) is 7.94. The highest BCUT2D eigenvalue weighted by Gasteiger charge is 2.48. The molecule has 0 aliphatic carbocycles. The third-order valence-electron chi connectivity index (χ3n) is 3.62. The van der Waals surface area contributed by atoms with Gasteiger partial charge in [-0.1, -0.05) is 6.92 Å². The Balaban J connectivity index is 2.75. The number of nitrogens with zero attached hydrogens (tertiary/aromatic N) is 2. The SMILES string of the molecule is CCCO[C@H]1[C@@H]([C@@H](CNC(=O)N(C)N=O)OC)OC(OCC)[C@@H]1O. The highest BCUT2D eigenvalue weighted by Crippen LogP contribution is 2.28. The second kappa shape index (κ2) is 10.5. The number of ether oxygens (including phenoxy) is 4. The Hall–Kier alpha value is -1.33. The van der Waals surface area contributed by atoms with Crippen LogP contribution in [0.25, 0.3) is 0 Å². The summed E-state index contributed by atoms with van der Waals surface area (Å²) in [6.07, 6.45) is -2.90. The number of amides is 2. The van der Waals surface area contributed by atoms with Crippen LogP contribution in [-0.4, -0.2) is 80.8 Å². The first-order chi connectivity index (χ1) is 11.5. The van der Waals surface area contributed by atoms with Crippen molar-refractivity contribution in [1.29, 1.82) is 0 Å². The van der Waals surface area contributed by atoms with Crippen molar-refractivity contribution in [1.82, 2.24) is 10.3 Å². The minimum Gasteiger partial charge on any atom is -0.385 e. The second-order valence-corrected chi connectivity index (χ2v) is 5.32. The Morgan fingerprint density at radius 3 is 2.67 bits per heavy atom. The maximum absolute atomic E-state index is 11.6. The summed E-state index contributed by atoms with van der Waals surface area (Å²) in [6.45, 7) is 4.62. The molecule has 1 aliphatic heterocycles. The topological polar surface area (TPSA) is 119 Å². The average molecular weight is 349 g/mol. The summed E-state index contributed by atoms with van der Waals surface area (Å²) >= 11 is 0. The lowest BCUT2D eigenvalue weighted by Crippen LogP contribution is -2.48. The predicted octanol–water partition coefficient (Wildman–Crippen LogP) is 0.242. The van der Waals surface area contributed by atoms with Crippen LogP contribution < -0.4 is 5.32 Å². The van der Waals surface area contributed by atoms with Crippen LogP contribution in [0.3, 0.4) is 0 Å². The van der Waals surface area contributed by atoms with Crippen molar-refractivity contribution >= 4 is 6.03 Å². The number of nitroso groups, excluding NO2 is 1. The van der Waals surface area contributed by atoms with Crippen LogP contribution in [0.1, 0.15) is 20.3 Å². The van der Waals surface area contributed by atoms with Gasteiger partial charge >= 0.3 is 6.03 Å². The first-order valence-corrected chi connectivity index (χ1v) is 7.94. The highest BCUT2D eigenvalue weighted by atomic mass is 16.7.